The molecule has 1 aliphatic heterocycles. The van der Waals surface area contributed by atoms with Gasteiger partial charge in [-0.3, -0.25) is 10.2 Å². The van der Waals surface area contributed by atoms with Crippen molar-refractivity contribution in [3.8, 4) is 0 Å². The molecule has 3 heterocycles. The van der Waals surface area contributed by atoms with Crippen molar-refractivity contribution in [3.63, 3.8) is 0 Å². The lowest BCUT2D eigenvalue weighted by Crippen LogP contribution is -2.44. The third kappa shape index (κ3) is 6.27. The summed E-state index contributed by atoms with van der Waals surface area (Å²) in [7, 11) is 0. The maximum absolute atomic E-state index is 13.4. The standard InChI is InChI=1S/C27H30N4O2S2/c32-27(29-26-28-23-9-4-5-10-25(23)35-26)31(15-14-30-16-18-33-19-17-30)13-12-22(24-11-6-20-34-24)21-7-2-1-3-8-21/h1-11,20,22H,12-19H2,(H,28,29,32). The number of amides is 2. The second-order valence-electron chi connectivity index (χ2n) is 8.63. The van der Waals surface area contributed by atoms with Crippen LogP contribution in [0.25, 0.3) is 10.2 Å². The normalized spacial score (nSPS) is 15.2. The minimum absolute atomic E-state index is 0.0877. The number of carbonyl (C=O) groups excluding carboxylic acids is 1. The number of aromatic nitrogens is 1. The Morgan fingerprint density at radius 2 is 1.83 bits per heavy atom. The highest BCUT2D eigenvalue weighted by atomic mass is 32.1. The minimum atomic E-state index is -0.0877. The molecule has 4 aromatic rings. The Hall–Kier alpha value is -2.78. The van der Waals surface area contributed by atoms with E-state index in [1.165, 1.54) is 21.8 Å². The van der Waals surface area contributed by atoms with E-state index >= 15 is 0 Å². The van der Waals surface area contributed by atoms with Crippen LogP contribution in [0.5, 0.6) is 0 Å². The molecule has 2 amide bonds. The summed E-state index contributed by atoms with van der Waals surface area (Å²) in [5.74, 6) is 0.261. The number of carbonyl (C=O) groups is 1. The molecule has 2 aromatic heterocycles. The lowest BCUT2D eigenvalue weighted by atomic mass is 9.94. The minimum Gasteiger partial charge on any atom is -0.379 e. The van der Waals surface area contributed by atoms with Gasteiger partial charge in [-0.15, -0.1) is 11.3 Å². The highest BCUT2D eigenvalue weighted by Crippen LogP contribution is 2.32. The van der Waals surface area contributed by atoms with E-state index in [1.807, 2.05) is 29.2 Å². The van der Waals surface area contributed by atoms with Crippen molar-refractivity contribution in [3.05, 3.63) is 82.6 Å². The molecule has 0 aliphatic carbocycles. The van der Waals surface area contributed by atoms with E-state index in [1.54, 1.807) is 11.3 Å². The summed E-state index contributed by atoms with van der Waals surface area (Å²) >= 11 is 3.29. The Morgan fingerprint density at radius 3 is 2.60 bits per heavy atom. The van der Waals surface area contributed by atoms with E-state index in [0.717, 1.165) is 49.5 Å². The molecule has 35 heavy (non-hydrogen) atoms. The first-order valence-electron chi connectivity index (χ1n) is 12.1. The van der Waals surface area contributed by atoms with Crippen molar-refractivity contribution in [1.82, 2.24) is 14.8 Å². The number of ether oxygens (including phenoxy) is 1. The fraction of sp³-hybridized carbons (Fsp3) is 0.333. The first-order chi connectivity index (χ1) is 17.3. The highest BCUT2D eigenvalue weighted by molar-refractivity contribution is 7.22. The van der Waals surface area contributed by atoms with Gasteiger partial charge in [0.25, 0.3) is 0 Å². The van der Waals surface area contributed by atoms with Crippen LogP contribution in [0.2, 0.25) is 0 Å². The Morgan fingerprint density at radius 1 is 1.03 bits per heavy atom. The number of fused-ring (bicyclic) bond motifs is 1. The maximum Gasteiger partial charge on any atom is 0.323 e. The summed E-state index contributed by atoms with van der Waals surface area (Å²) in [6, 6.07) is 22.8. The molecule has 6 nitrogen and oxygen atoms in total. The molecule has 5 rings (SSSR count). The van der Waals surface area contributed by atoms with Crippen molar-refractivity contribution < 1.29 is 9.53 Å². The van der Waals surface area contributed by atoms with Crippen LogP contribution >= 0.6 is 22.7 Å². The Labute approximate surface area is 214 Å². The second-order valence-corrected chi connectivity index (χ2v) is 10.6. The molecule has 1 aliphatic rings. The fourth-order valence-electron chi connectivity index (χ4n) is 4.43. The van der Waals surface area contributed by atoms with Gasteiger partial charge >= 0.3 is 6.03 Å². The van der Waals surface area contributed by atoms with Crippen LogP contribution < -0.4 is 5.32 Å². The number of hydrogen-bond donors (Lipinski definition) is 1. The number of thiophene rings is 1. The lowest BCUT2D eigenvalue weighted by molar-refractivity contribution is 0.0351. The quantitative estimate of drug-likeness (QED) is 0.314. The number of nitrogens with one attached hydrogen (secondary N) is 1. The molecule has 0 spiro atoms. The number of rotatable bonds is 9. The van der Waals surface area contributed by atoms with Crippen LogP contribution in [0.15, 0.2) is 72.1 Å². The maximum atomic E-state index is 13.4. The van der Waals surface area contributed by atoms with Gasteiger partial charge in [0.1, 0.15) is 0 Å². The molecular formula is C27H30N4O2S2. The number of urea groups is 1. The van der Waals surface area contributed by atoms with Crippen molar-refractivity contribution in [1.29, 1.82) is 0 Å². The van der Waals surface area contributed by atoms with E-state index in [0.29, 0.717) is 18.2 Å². The highest BCUT2D eigenvalue weighted by Gasteiger charge is 2.22. The van der Waals surface area contributed by atoms with Gasteiger partial charge in [-0.1, -0.05) is 59.9 Å². The zero-order chi connectivity index (χ0) is 23.9. The summed E-state index contributed by atoms with van der Waals surface area (Å²) < 4.78 is 6.56. The van der Waals surface area contributed by atoms with Gasteiger partial charge in [-0.2, -0.15) is 0 Å². The number of nitrogens with zero attached hydrogens (tertiary/aromatic N) is 3. The molecular weight excluding hydrogens is 476 g/mol. The number of hydrogen-bond acceptors (Lipinski definition) is 6. The fourth-order valence-corrected chi connectivity index (χ4v) is 6.18. The van der Waals surface area contributed by atoms with Crippen molar-refractivity contribution in [2.75, 3.05) is 51.3 Å². The first kappa shape index (κ1) is 23.9. The van der Waals surface area contributed by atoms with Crippen LogP contribution in [0.4, 0.5) is 9.93 Å². The molecule has 1 unspecified atom stereocenters. The number of thiazole rings is 1. The predicted octanol–water partition coefficient (Wildman–Crippen LogP) is 5.75. The molecule has 0 saturated carbocycles. The van der Waals surface area contributed by atoms with Crippen LogP contribution in [0, 0.1) is 0 Å². The van der Waals surface area contributed by atoms with Crippen LogP contribution in [-0.2, 0) is 4.74 Å². The van der Waals surface area contributed by atoms with Gasteiger partial charge in [0.2, 0.25) is 0 Å². The average molecular weight is 507 g/mol. The summed E-state index contributed by atoms with van der Waals surface area (Å²) in [4.78, 5) is 23.7. The predicted molar refractivity (Wildman–Crippen MR) is 145 cm³/mol. The number of morpholine rings is 1. The molecule has 0 bridgehead atoms. The van der Waals surface area contributed by atoms with Crippen LogP contribution in [0.3, 0.4) is 0 Å². The topological polar surface area (TPSA) is 57.7 Å². The third-order valence-corrected chi connectivity index (χ3v) is 8.30. The van der Waals surface area contributed by atoms with Gasteiger partial charge in [0, 0.05) is 43.5 Å². The third-order valence-electron chi connectivity index (χ3n) is 6.36. The van der Waals surface area contributed by atoms with Gasteiger partial charge in [-0.25, -0.2) is 9.78 Å². The van der Waals surface area contributed by atoms with E-state index in [2.05, 4.69) is 63.0 Å². The van der Waals surface area contributed by atoms with E-state index in [9.17, 15) is 4.79 Å². The smallest absolute Gasteiger partial charge is 0.323 e. The average Bonchev–Trinajstić information content (AvgIpc) is 3.57. The van der Waals surface area contributed by atoms with Crippen molar-refractivity contribution in [2.45, 2.75) is 12.3 Å². The van der Waals surface area contributed by atoms with E-state index < -0.39 is 0 Å². The zero-order valence-electron chi connectivity index (χ0n) is 19.6. The van der Waals surface area contributed by atoms with Gasteiger partial charge in [0.15, 0.2) is 5.13 Å². The summed E-state index contributed by atoms with van der Waals surface area (Å²) in [5.41, 5.74) is 2.20. The SMILES string of the molecule is O=C(Nc1nc2ccccc2s1)N(CCC(c1ccccc1)c1cccs1)CCN1CCOCC1. The number of para-hydroxylation sites is 1. The molecule has 1 N–H and O–H groups in total. The largest absolute Gasteiger partial charge is 0.379 e. The summed E-state index contributed by atoms with van der Waals surface area (Å²) in [5, 5.41) is 5.84. The molecule has 1 atom stereocenters. The molecule has 2 aromatic carbocycles. The number of benzene rings is 2. The summed E-state index contributed by atoms with van der Waals surface area (Å²) in [6.45, 7) is 5.51. The monoisotopic (exact) mass is 506 g/mol. The van der Waals surface area contributed by atoms with Crippen LogP contribution in [-0.4, -0.2) is 66.8 Å². The van der Waals surface area contributed by atoms with Crippen LogP contribution in [0.1, 0.15) is 22.8 Å². The van der Waals surface area contributed by atoms with Gasteiger partial charge in [0.05, 0.1) is 23.4 Å². The Balaban J connectivity index is 1.31. The lowest BCUT2D eigenvalue weighted by Gasteiger charge is -2.30. The second kappa shape index (κ2) is 11.8. The van der Waals surface area contributed by atoms with E-state index in [4.69, 9.17) is 4.74 Å². The Kier molecular flexibility index (Phi) is 8.05. The molecule has 182 valence electrons. The van der Waals surface area contributed by atoms with E-state index in [-0.39, 0.29) is 11.9 Å². The molecule has 0 radical (unpaired) electrons. The molecule has 1 fully saturated rings. The van der Waals surface area contributed by atoms with Gasteiger partial charge in [-0.05, 0) is 35.6 Å². The number of anilines is 1. The summed E-state index contributed by atoms with van der Waals surface area (Å²) in [6.07, 6.45) is 0.862. The Bertz CT molecular complexity index is 1170. The zero-order valence-corrected chi connectivity index (χ0v) is 21.3. The first-order valence-corrected chi connectivity index (χ1v) is 13.8. The van der Waals surface area contributed by atoms with Crippen molar-refractivity contribution in [2.24, 2.45) is 0 Å². The van der Waals surface area contributed by atoms with Gasteiger partial charge < -0.3 is 9.64 Å². The molecule has 1 saturated heterocycles. The molecule has 8 heteroatoms. The van der Waals surface area contributed by atoms with Crippen molar-refractivity contribution >= 4 is 44.1 Å².